The van der Waals surface area contributed by atoms with Crippen LogP contribution >= 0.6 is 0 Å². The van der Waals surface area contributed by atoms with Crippen LogP contribution in [0.25, 0.3) is 0 Å². The van der Waals surface area contributed by atoms with E-state index in [9.17, 15) is 24.6 Å². The van der Waals surface area contributed by atoms with Gasteiger partial charge in [0, 0.05) is 18.4 Å². The Bertz CT molecular complexity index is 510. The lowest BCUT2D eigenvalue weighted by Gasteiger charge is -2.31. The lowest BCUT2D eigenvalue weighted by Crippen LogP contribution is -2.51. The third-order valence-electron chi connectivity index (χ3n) is 3.31. The molecular weight excluding hydrogens is 302 g/mol. The van der Waals surface area contributed by atoms with Gasteiger partial charge in [-0.25, -0.2) is 0 Å². The van der Waals surface area contributed by atoms with E-state index < -0.39 is 30.1 Å². The number of aliphatic hydroxyl groups excluding tert-OH is 2. The first kappa shape index (κ1) is 19.1. The molecule has 0 aromatic rings. The molecule has 0 radical (unpaired) electrons. The molecule has 23 heavy (non-hydrogen) atoms. The number of hydrogen-bond acceptors (Lipinski definition) is 5. The van der Waals surface area contributed by atoms with Crippen LogP contribution in [0.3, 0.4) is 0 Å². The molecule has 3 amide bonds. The molecule has 3 atom stereocenters. The summed E-state index contributed by atoms with van der Waals surface area (Å²) < 4.78 is 0. The van der Waals surface area contributed by atoms with Crippen LogP contribution in [0.15, 0.2) is 11.6 Å². The number of hydrogen-bond donors (Lipinski definition) is 5. The number of carbonyl (C=O) groups excluding carboxylic acids is 3. The predicted molar refractivity (Wildman–Crippen MR) is 82.9 cm³/mol. The molecule has 8 heteroatoms. The van der Waals surface area contributed by atoms with Gasteiger partial charge in [-0.2, -0.15) is 0 Å². The molecular formula is C15H25N3O5. The first-order valence-electron chi connectivity index (χ1n) is 7.42. The van der Waals surface area contributed by atoms with Crippen LogP contribution in [0.1, 0.15) is 33.6 Å². The Morgan fingerprint density at radius 2 is 1.91 bits per heavy atom. The van der Waals surface area contributed by atoms with Gasteiger partial charge < -0.3 is 26.6 Å². The second kappa shape index (κ2) is 7.56. The minimum Gasteiger partial charge on any atom is -0.390 e. The van der Waals surface area contributed by atoms with Crippen molar-refractivity contribution in [3.8, 4) is 0 Å². The molecule has 0 bridgehead atoms. The topological polar surface area (TPSA) is 142 Å². The van der Waals surface area contributed by atoms with Crippen LogP contribution in [0, 0.1) is 5.41 Å². The maximum Gasteiger partial charge on any atom is 0.247 e. The highest BCUT2D eigenvalue weighted by molar-refractivity contribution is 5.96. The third-order valence-corrected chi connectivity index (χ3v) is 3.31. The summed E-state index contributed by atoms with van der Waals surface area (Å²) in [6, 6.07) is -0.872. The first-order chi connectivity index (χ1) is 10.5. The zero-order valence-corrected chi connectivity index (χ0v) is 13.6. The van der Waals surface area contributed by atoms with Crippen molar-refractivity contribution in [2.45, 2.75) is 51.9 Å². The SMILES string of the molecule is CC(C)(C)CC(=O)NC1C=C(C(=O)NCC(N)=O)CC(O)C1O. The van der Waals surface area contributed by atoms with Gasteiger partial charge in [0.1, 0.15) is 6.10 Å². The largest absolute Gasteiger partial charge is 0.390 e. The molecule has 0 heterocycles. The van der Waals surface area contributed by atoms with E-state index in [0.29, 0.717) is 0 Å². The van der Waals surface area contributed by atoms with Crippen molar-refractivity contribution in [2.75, 3.05) is 6.54 Å². The fourth-order valence-corrected chi connectivity index (χ4v) is 2.26. The first-order valence-corrected chi connectivity index (χ1v) is 7.42. The second-order valence-corrected chi connectivity index (χ2v) is 6.93. The molecule has 6 N–H and O–H groups in total. The zero-order valence-electron chi connectivity index (χ0n) is 13.6. The van der Waals surface area contributed by atoms with Crippen LogP contribution in [-0.2, 0) is 14.4 Å². The van der Waals surface area contributed by atoms with Gasteiger partial charge in [-0.1, -0.05) is 26.8 Å². The summed E-state index contributed by atoms with van der Waals surface area (Å²) in [6.45, 7) is 5.38. The zero-order chi connectivity index (χ0) is 17.8. The molecule has 8 nitrogen and oxygen atoms in total. The Morgan fingerprint density at radius 3 is 2.43 bits per heavy atom. The fraction of sp³-hybridized carbons (Fsp3) is 0.667. The summed E-state index contributed by atoms with van der Waals surface area (Å²) in [4.78, 5) is 34.6. The summed E-state index contributed by atoms with van der Waals surface area (Å²) in [5.41, 5.74) is 4.91. The van der Waals surface area contributed by atoms with Crippen LogP contribution in [0.5, 0.6) is 0 Å². The number of nitrogens with one attached hydrogen (secondary N) is 2. The maximum absolute atomic E-state index is 12.0. The number of rotatable bonds is 5. The van der Waals surface area contributed by atoms with Gasteiger partial charge in [0.25, 0.3) is 0 Å². The second-order valence-electron chi connectivity index (χ2n) is 6.93. The number of amides is 3. The number of primary amides is 1. The van der Waals surface area contributed by atoms with Crippen molar-refractivity contribution >= 4 is 17.7 Å². The van der Waals surface area contributed by atoms with Crippen molar-refractivity contribution in [1.29, 1.82) is 0 Å². The number of carbonyl (C=O) groups is 3. The van der Waals surface area contributed by atoms with E-state index >= 15 is 0 Å². The van der Waals surface area contributed by atoms with Crippen LogP contribution in [0.2, 0.25) is 0 Å². The molecule has 0 aromatic heterocycles. The summed E-state index contributed by atoms with van der Waals surface area (Å²) >= 11 is 0. The Balaban J connectivity index is 2.79. The molecule has 0 fully saturated rings. The Hall–Kier alpha value is -1.93. The van der Waals surface area contributed by atoms with E-state index in [0.717, 1.165) is 0 Å². The molecule has 0 aromatic carbocycles. The monoisotopic (exact) mass is 327 g/mol. The van der Waals surface area contributed by atoms with Crippen molar-refractivity contribution in [2.24, 2.45) is 11.1 Å². The van der Waals surface area contributed by atoms with Crippen LogP contribution < -0.4 is 16.4 Å². The molecule has 3 unspecified atom stereocenters. The molecule has 130 valence electrons. The normalized spacial score (nSPS) is 24.6. The molecule has 0 saturated carbocycles. The molecule has 1 aliphatic rings. The smallest absolute Gasteiger partial charge is 0.247 e. The molecule has 0 saturated heterocycles. The van der Waals surface area contributed by atoms with Gasteiger partial charge in [-0.3, -0.25) is 14.4 Å². The molecule has 0 spiro atoms. The summed E-state index contributed by atoms with van der Waals surface area (Å²) in [5.74, 6) is -1.54. The van der Waals surface area contributed by atoms with Gasteiger partial charge in [0.05, 0.1) is 18.7 Å². The van der Waals surface area contributed by atoms with E-state index in [-0.39, 0.29) is 36.3 Å². The van der Waals surface area contributed by atoms with E-state index in [2.05, 4.69) is 10.6 Å². The van der Waals surface area contributed by atoms with Crippen molar-refractivity contribution in [3.05, 3.63) is 11.6 Å². The number of nitrogens with two attached hydrogens (primary N) is 1. The number of aliphatic hydroxyl groups is 2. The van der Waals surface area contributed by atoms with E-state index in [4.69, 9.17) is 5.73 Å². The molecule has 1 aliphatic carbocycles. The summed E-state index contributed by atoms with van der Waals surface area (Å²) in [7, 11) is 0. The van der Waals surface area contributed by atoms with Crippen molar-refractivity contribution in [1.82, 2.24) is 10.6 Å². The maximum atomic E-state index is 12.0. The Labute approximate surface area is 135 Å². The molecule has 0 aliphatic heterocycles. The van der Waals surface area contributed by atoms with Gasteiger partial charge in [-0.15, -0.1) is 0 Å². The minimum atomic E-state index is -1.20. The molecule has 1 rings (SSSR count). The van der Waals surface area contributed by atoms with E-state index in [1.165, 1.54) is 6.08 Å². The van der Waals surface area contributed by atoms with Gasteiger partial charge in [0.2, 0.25) is 17.7 Å². The standard InChI is InChI=1S/C15H25N3O5/c1-15(2,3)6-12(21)18-9-4-8(5-10(19)13(9)22)14(23)17-7-11(16)20/h4,9-10,13,19,22H,5-7H2,1-3H3,(H2,16,20)(H,17,23)(H,18,21). The Kier molecular flexibility index (Phi) is 6.28. The van der Waals surface area contributed by atoms with Crippen molar-refractivity contribution < 1.29 is 24.6 Å². The lowest BCUT2D eigenvalue weighted by molar-refractivity contribution is -0.125. The predicted octanol–water partition coefficient (Wildman–Crippen LogP) is -1.44. The van der Waals surface area contributed by atoms with Gasteiger partial charge >= 0.3 is 0 Å². The van der Waals surface area contributed by atoms with Gasteiger partial charge in [0.15, 0.2) is 0 Å². The minimum absolute atomic E-state index is 0.0720. The Morgan fingerprint density at radius 1 is 1.30 bits per heavy atom. The summed E-state index contributed by atoms with van der Waals surface area (Å²) in [6.07, 6.45) is -0.824. The fourth-order valence-electron chi connectivity index (χ4n) is 2.26. The lowest BCUT2D eigenvalue weighted by atomic mass is 9.88. The third kappa shape index (κ3) is 6.37. The van der Waals surface area contributed by atoms with Crippen molar-refractivity contribution in [3.63, 3.8) is 0 Å². The highest BCUT2D eigenvalue weighted by Gasteiger charge is 2.34. The highest BCUT2D eigenvalue weighted by atomic mass is 16.3. The van der Waals surface area contributed by atoms with Crippen LogP contribution in [-0.4, -0.2) is 52.7 Å². The van der Waals surface area contributed by atoms with E-state index in [1.807, 2.05) is 20.8 Å². The summed E-state index contributed by atoms with van der Waals surface area (Å²) in [5, 5.41) is 24.8. The van der Waals surface area contributed by atoms with Crippen LogP contribution in [0.4, 0.5) is 0 Å². The highest BCUT2D eigenvalue weighted by Crippen LogP contribution is 2.22. The quantitative estimate of drug-likeness (QED) is 0.420. The average molecular weight is 327 g/mol. The van der Waals surface area contributed by atoms with Gasteiger partial charge in [-0.05, 0) is 5.41 Å². The average Bonchev–Trinajstić information content (AvgIpc) is 2.38. The van der Waals surface area contributed by atoms with E-state index in [1.54, 1.807) is 0 Å².